The highest BCUT2D eigenvalue weighted by Gasteiger charge is 2.32. The van der Waals surface area contributed by atoms with Crippen LogP contribution in [0.15, 0.2) is 0 Å². The van der Waals surface area contributed by atoms with Crippen LogP contribution in [0.3, 0.4) is 0 Å². The fraction of sp³-hybridized carbons (Fsp3) is 0.900. The molecule has 1 aliphatic carbocycles. The van der Waals surface area contributed by atoms with Crippen LogP contribution in [-0.2, 0) is 9.53 Å². The summed E-state index contributed by atoms with van der Waals surface area (Å²) in [5.74, 6) is 0.0372. The van der Waals surface area contributed by atoms with Gasteiger partial charge in [-0.1, -0.05) is 0 Å². The highest BCUT2D eigenvalue weighted by molar-refractivity contribution is 5.76. The lowest BCUT2D eigenvalue weighted by Gasteiger charge is -2.38. The van der Waals surface area contributed by atoms with Crippen LogP contribution in [0, 0.1) is 0 Å². The first-order valence-electron chi connectivity index (χ1n) is 5.30. The largest absolute Gasteiger partial charge is 0.381 e. The van der Waals surface area contributed by atoms with Crippen LogP contribution in [0.1, 0.15) is 32.6 Å². The molecule has 1 rings (SSSR count). The lowest BCUT2D eigenvalue weighted by molar-refractivity contribution is -0.122. The standard InChI is InChI=1S/C10H20N2O2/c1-2-14-7-4-9(13)12-8-10(11)5-3-6-10/h2-8,11H2,1H3,(H,12,13). The van der Waals surface area contributed by atoms with Gasteiger partial charge in [-0.15, -0.1) is 0 Å². The van der Waals surface area contributed by atoms with E-state index in [-0.39, 0.29) is 11.4 Å². The van der Waals surface area contributed by atoms with Crippen LogP contribution in [0.5, 0.6) is 0 Å². The molecule has 1 saturated carbocycles. The predicted octanol–water partition coefficient (Wildman–Crippen LogP) is 0.411. The average Bonchev–Trinajstić information content (AvgIpc) is 2.12. The van der Waals surface area contributed by atoms with E-state index in [0.29, 0.717) is 26.2 Å². The van der Waals surface area contributed by atoms with Crippen molar-refractivity contribution in [2.75, 3.05) is 19.8 Å². The van der Waals surface area contributed by atoms with Crippen LogP contribution in [-0.4, -0.2) is 31.2 Å². The van der Waals surface area contributed by atoms with Gasteiger partial charge in [0.05, 0.1) is 6.61 Å². The third-order valence-corrected chi connectivity index (χ3v) is 2.66. The van der Waals surface area contributed by atoms with Crippen LogP contribution < -0.4 is 11.1 Å². The molecule has 4 heteroatoms. The van der Waals surface area contributed by atoms with Crippen molar-refractivity contribution in [2.45, 2.75) is 38.1 Å². The van der Waals surface area contributed by atoms with Crippen molar-refractivity contribution in [3.05, 3.63) is 0 Å². The van der Waals surface area contributed by atoms with Gasteiger partial charge in [0, 0.05) is 25.1 Å². The van der Waals surface area contributed by atoms with E-state index in [1.54, 1.807) is 0 Å². The monoisotopic (exact) mass is 200 g/mol. The van der Waals surface area contributed by atoms with E-state index in [2.05, 4.69) is 5.32 Å². The first-order chi connectivity index (χ1) is 6.66. The minimum Gasteiger partial charge on any atom is -0.381 e. The summed E-state index contributed by atoms with van der Waals surface area (Å²) in [7, 11) is 0. The molecule has 0 atom stereocenters. The molecule has 0 aromatic carbocycles. The summed E-state index contributed by atoms with van der Waals surface area (Å²) in [4.78, 5) is 11.3. The van der Waals surface area contributed by atoms with Gasteiger partial charge in [0.2, 0.25) is 5.91 Å². The zero-order valence-corrected chi connectivity index (χ0v) is 8.84. The summed E-state index contributed by atoms with van der Waals surface area (Å²) >= 11 is 0. The van der Waals surface area contributed by atoms with E-state index in [4.69, 9.17) is 10.5 Å². The average molecular weight is 200 g/mol. The van der Waals surface area contributed by atoms with Crippen LogP contribution in [0.4, 0.5) is 0 Å². The van der Waals surface area contributed by atoms with E-state index in [9.17, 15) is 4.79 Å². The van der Waals surface area contributed by atoms with Gasteiger partial charge < -0.3 is 15.8 Å². The smallest absolute Gasteiger partial charge is 0.222 e. The van der Waals surface area contributed by atoms with E-state index in [1.165, 1.54) is 6.42 Å². The van der Waals surface area contributed by atoms with E-state index >= 15 is 0 Å². The third-order valence-electron chi connectivity index (χ3n) is 2.66. The van der Waals surface area contributed by atoms with Crippen LogP contribution >= 0.6 is 0 Å². The molecule has 1 fully saturated rings. The number of hydrogen-bond donors (Lipinski definition) is 2. The molecule has 0 bridgehead atoms. The van der Waals surface area contributed by atoms with E-state index in [1.807, 2.05) is 6.92 Å². The molecule has 4 nitrogen and oxygen atoms in total. The predicted molar refractivity (Wildman–Crippen MR) is 54.9 cm³/mol. The minimum absolute atomic E-state index is 0.0372. The maximum Gasteiger partial charge on any atom is 0.222 e. The van der Waals surface area contributed by atoms with Gasteiger partial charge in [0.15, 0.2) is 0 Å². The Balaban J connectivity index is 2.03. The number of amides is 1. The fourth-order valence-electron chi connectivity index (χ4n) is 1.48. The molecule has 1 aliphatic rings. The maximum atomic E-state index is 11.3. The summed E-state index contributed by atoms with van der Waals surface area (Å²) < 4.78 is 5.08. The molecule has 0 aliphatic heterocycles. The number of hydrogen-bond acceptors (Lipinski definition) is 3. The lowest BCUT2D eigenvalue weighted by Crippen LogP contribution is -2.55. The second-order valence-corrected chi connectivity index (χ2v) is 3.94. The van der Waals surface area contributed by atoms with E-state index in [0.717, 1.165) is 12.8 Å². The molecule has 0 heterocycles. The molecule has 0 unspecified atom stereocenters. The summed E-state index contributed by atoms with van der Waals surface area (Å²) in [6.07, 6.45) is 3.67. The van der Waals surface area contributed by atoms with Gasteiger partial charge in [0.1, 0.15) is 0 Å². The van der Waals surface area contributed by atoms with Gasteiger partial charge in [-0.2, -0.15) is 0 Å². The van der Waals surface area contributed by atoms with Crippen molar-refractivity contribution in [3.8, 4) is 0 Å². The van der Waals surface area contributed by atoms with Gasteiger partial charge in [-0.3, -0.25) is 4.79 Å². The van der Waals surface area contributed by atoms with Gasteiger partial charge >= 0.3 is 0 Å². The molecule has 0 aromatic rings. The van der Waals surface area contributed by atoms with E-state index < -0.39 is 0 Å². The highest BCUT2D eigenvalue weighted by Crippen LogP contribution is 2.27. The second-order valence-electron chi connectivity index (χ2n) is 3.94. The molecule has 0 saturated heterocycles. The molecule has 14 heavy (non-hydrogen) atoms. The summed E-state index contributed by atoms with van der Waals surface area (Å²) in [5, 5.41) is 2.84. The number of ether oxygens (including phenoxy) is 1. The maximum absolute atomic E-state index is 11.3. The Kier molecular flexibility index (Phi) is 4.35. The minimum atomic E-state index is -0.124. The number of nitrogens with one attached hydrogen (secondary N) is 1. The summed E-state index contributed by atoms with van der Waals surface area (Å²) in [5.41, 5.74) is 5.84. The second kappa shape index (κ2) is 5.32. The molecule has 1 amide bonds. The number of nitrogens with two attached hydrogens (primary N) is 1. The van der Waals surface area contributed by atoms with Crippen molar-refractivity contribution >= 4 is 5.91 Å². The van der Waals surface area contributed by atoms with Crippen molar-refractivity contribution < 1.29 is 9.53 Å². The summed E-state index contributed by atoms with van der Waals surface area (Å²) in [6, 6.07) is 0. The van der Waals surface area contributed by atoms with Gasteiger partial charge in [-0.25, -0.2) is 0 Å². The van der Waals surface area contributed by atoms with Crippen molar-refractivity contribution in [1.82, 2.24) is 5.32 Å². The lowest BCUT2D eigenvalue weighted by atomic mass is 9.78. The number of carbonyl (C=O) groups is 1. The quantitative estimate of drug-likeness (QED) is 0.610. The Bertz CT molecular complexity index is 191. The molecular formula is C10H20N2O2. The molecule has 0 spiro atoms. The Morgan fingerprint density at radius 3 is 2.79 bits per heavy atom. The molecule has 82 valence electrons. The Morgan fingerprint density at radius 1 is 1.57 bits per heavy atom. The fourth-order valence-corrected chi connectivity index (χ4v) is 1.48. The van der Waals surface area contributed by atoms with Crippen molar-refractivity contribution in [2.24, 2.45) is 5.73 Å². The number of carbonyl (C=O) groups excluding carboxylic acids is 1. The van der Waals surface area contributed by atoms with Crippen molar-refractivity contribution in [3.63, 3.8) is 0 Å². The topological polar surface area (TPSA) is 64.3 Å². The first-order valence-corrected chi connectivity index (χ1v) is 5.30. The molecule has 0 radical (unpaired) electrons. The highest BCUT2D eigenvalue weighted by atomic mass is 16.5. The van der Waals surface area contributed by atoms with Gasteiger partial charge in [-0.05, 0) is 26.2 Å². The normalized spacial score (nSPS) is 18.7. The van der Waals surface area contributed by atoms with Gasteiger partial charge in [0.25, 0.3) is 0 Å². The number of rotatable bonds is 6. The molecular weight excluding hydrogens is 180 g/mol. The Labute approximate surface area is 85.2 Å². The van der Waals surface area contributed by atoms with Crippen LogP contribution in [0.2, 0.25) is 0 Å². The zero-order chi connectivity index (χ0) is 10.4. The summed E-state index contributed by atoms with van der Waals surface area (Å²) in [6.45, 7) is 3.69. The molecule has 0 aromatic heterocycles. The Morgan fingerprint density at radius 2 is 2.29 bits per heavy atom. The third kappa shape index (κ3) is 3.64. The van der Waals surface area contributed by atoms with Crippen molar-refractivity contribution in [1.29, 1.82) is 0 Å². The van der Waals surface area contributed by atoms with Crippen LogP contribution in [0.25, 0.3) is 0 Å². The SMILES string of the molecule is CCOCCC(=O)NCC1(N)CCC1. The first kappa shape index (κ1) is 11.5. The zero-order valence-electron chi connectivity index (χ0n) is 8.84. The Hall–Kier alpha value is -0.610. The molecule has 3 N–H and O–H groups in total.